The van der Waals surface area contributed by atoms with Gasteiger partial charge in [-0.05, 0) is 52.9 Å². The van der Waals surface area contributed by atoms with E-state index < -0.39 is 0 Å². The van der Waals surface area contributed by atoms with Gasteiger partial charge in [0.2, 0.25) is 0 Å². The van der Waals surface area contributed by atoms with Crippen molar-refractivity contribution < 1.29 is 4.42 Å². The highest BCUT2D eigenvalue weighted by atomic mass is 16.3. The van der Waals surface area contributed by atoms with E-state index in [0.29, 0.717) is 17.5 Å². The minimum atomic E-state index is 0.603. The lowest BCUT2D eigenvalue weighted by molar-refractivity contribution is 0.672. The lowest BCUT2D eigenvalue weighted by atomic mass is 9.95. The zero-order chi connectivity index (χ0) is 35.6. The van der Waals surface area contributed by atoms with Crippen LogP contribution in [0.25, 0.3) is 105 Å². The average Bonchev–Trinajstić information content (AvgIpc) is 3.80. The number of furan rings is 1. The number of hydrogen-bond donors (Lipinski definition) is 0. The smallest absolute Gasteiger partial charge is 0.164 e. The summed E-state index contributed by atoms with van der Waals surface area (Å²) in [5.74, 6) is 1.85. The van der Waals surface area contributed by atoms with Gasteiger partial charge in [0.05, 0.1) is 22.1 Å². The summed E-state index contributed by atoms with van der Waals surface area (Å²) in [7, 11) is 0. The number of aromatic nitrogens is 4. The monoisotopic (exact) mass is 690 g/mol. The number of hydrogen-bond acceptors (Lipinski definition) is 4. The van der Waals surface area contributed by atoms with Gasteiger partial charge in [-0.3, -0.25) is 0 Å². The average molecular weight is 691 g/mol. The number of nitrogens with zero attached hydrogens (tertiary/aromatic N) is 4. The second-order valence-corrected chi connectivity index (χ2v) is 13.6. The second-order valence-electron chi connectivity index (χ2n) is 13.6. The van der Waals surface area contributed by atoms with Crippen molar-refractivity contribution in [2.75, 3.05) is 0 Å². The SMILES string of the molecule is c1ccc(-c2ccc3c(-c4nc(-c5ccccc5)nc(-c5ccccc5)n4)cc4c(oc5cccc(-n6c7ccccc7c7ccccc76)c54)c3c2)cc1. The molecule has 0 spiro atoms. The summed E-state index contributed by atoms with van der Waals surface area (Å²) in [6.07, 6.45) is 0. The van der Waals surface area contributed by atoms with Crippen LogP contribution < -0.4 is 0 Å². The molecule has 0 bridgehead atoms. The Labute approximate surface area is 310 Å². The number of rotatable bonds is 5. The number of benzene rings is 8. The van der Waals surface area contributed by atoms with Gasteiger partial charge in [-0.15, -0.1) is 0 Å². The molecule has 5 nitrogen and oxygen atoms in total. The summed E-state index contributed by atoms with van der Waals surface area (Å²) in [6, 6.07) is 63.2. The van der Waals surface area contributed by atoms with Crippen LogP contribution in [-0.4, -0.2) is 19.5 Å². The Morgan fingerprint density at radius 2 is 0.926 bits per heavy atom. The molecule has 3 aromatic heterocycles. The summed E-state index contributed by atoms with van der Waals surface area (Å²) in [5.41, 5.74) is 10.0. The van der Waals surface area contributed by atoms with Crippen LogP contribution in [0.3, 0.4) is 0 Å². The Balaban J connectivity index is 1.27. The Morgan fingerprint density at radius 1 is 0.370 bits per heavy atom. The third kappa shape index (κ3) is 4.76. The number of fused-ring (bicyclic) bond motifs is 8. The molecule has 0 aliphatic rings. The van der Waals surface area contributed by atoms with Crippen molar-refractivity contribution in [3.8, 4) is 51.0 Å². The molecule has 0 amide bonds. The van der Waals surface area contributed by atoms with E-state index in [0.717, 1.165) is 77.2 Å². The molecule has 54 heavy (non-hydrogen) atoms. The summed E-state index contributed by atoms with van der Waals surface area (Å²) in [4.78, 5) is 15.4. The molecular weight excluding hydrogens is 661 g/mol. The molecule has 0 saturated heterocycles. The Hall–Kier alpha value is -7.37. The molecule has 0 radical (unpaired) electrons. The van der Waals surface area contributed by atoms with E-state index in [1.54, 1.807) is 0 Å². The van der Waals surface area contributed by atoms with Crippen molar-refractivity contribution in [3.63, 3.8) is 0 Å². The van der Waals surface area contributed by atoms with Crippen LogP contribution >= 0.6 is 0 Å². The molecule has 0 unspecified atom stereocenters. The third-order valence-electron chi connectivity index (χ3n) is 10.4. The van der Waals surface area contributed by atoms with Gasteiger partial charge in [-0.25, -0.2) is 15.0 Å². The fraction of sp³-hybridized carbons (Fsp3) is 0. The van der Waals surface area contributed by atoms with E-state index in [4.69, 9.17) is 19.4 Å². The van der Waals surface area contributed by atoms with E-state index in [2.05, 4.69) is 120 Å². The van der Waals surface area contributed by atoms with Gasteiger partial charge in [-0.1, -0.05) is 146 Å². The van der Waals surface area contributed by atoms with Crippen LogP contribution in [0.15, 0.2) is 186 Å². The van der Waals surface area contributed by atoms with Gasteiger partial charge >= 0.3 is 0 Å². The van der Waals surface area contributed by atoms with E-state index in [1.807, 2.05) is 66.7 Å². The molecule has 0 atom stereocenters. The van der Waals surface area contributed by atoms with Crippen molar-refractivity contribution in [1.82, 2.24) is 19.5 Å². The maximum Gasteiger partial charge on any atom is 0.164 e. The van der Waals surface area contributed by atoms with Crippen LogP contribution in [-0.2, 0) is 0 Å². The fourth-order valence-corrected chi connectivity index (χ4v) is 7.97. The van der Waals surface area contributed by atoms with Gasteiger partial charge in [0, 0.05) is 38.2 Å². The molecule has 11 rings (SSSR count). The van der Waals surface area contributed by atoms with Gasteiger partial charge in [-0.2, -0.15) is 0 Å². The zero-order valence-electron chi connectivity index (χ0n) is 29.0. The maximum atomic E-state index is 6.93. The van der Waals surface area contributed by atoms with Crippen LogP contribution in [0, 0.1) is 0 Å². The maximum absolute atomic E-state index is 6.93. The Bertz CT molecular complexity index is 3090. The zero-order valence-corrected chi connectivity index (χ0v) is 29.0. The topological polar surface area (TPSA) is 56.7 Å². The molecule has 252 valence electrons. The van der Waals surface area contributed by atoms with E-state index in [-0.39, 0.29) is 0 Å². The van der Waals surface area contributed by atoms with E-state index in [9.17, 15) is 0 Å². The normalized spacial score (nSPS) is 11.7. The van der Waals surface area contributed by atoms with Crippen molar-refractivity contribution in [1.29, 1.82) is 0 Å². The summed E-state index contributed by atoms with van der Waals surface area (Å²) in [6.45, 7) is 0. The minimum Gasteiger partial charge on any atom is -0.455 e. The van der Waals surface area contributed by atoms with Gasteiger partial charge in [0.15, 0.2) is 17.5 Å². The van der Waals surface area contributed by atoms with Crippen molar-refractivity contribution >= 4 is 54.5 Å². The molecule has 0 saturated carbocycles. The lowest BCUT2D eigenvalue weighted by Gasteiger charge is -2.13. The van der Waals surface area contributed by atoms with E-state index >= 15 is 0 Å². The van der Waals surface area contributed by atoms with E-state index in [1.165, 1.54) is 10.8 Å². The predicted molar refractivity (Wildman–Crippen MR) is 221 cm³/mol. The van der Waals surface area contributed by atoms with Crippen LogP contribution in [0.5, 0.6) is 0 Å². The summed E-state index contributed by atoms with van der Waals surface area (Å²) >= 11 is 0. The first-order valence-electron chi connectivity index (χ1n) is 18.1. The molecule has 5 heteroatoms. The fourth-order valence-electron chi connectivity index (χ4n) is 7.97. The first kappa shape index (κ1) is 30.3. The molecule has 0 aliphatic heterocycles. The van der Waals surface area contributed by atoms with Crippen LogP contribution in [0.2, 0.25) is 0 Å². The largest absolute Gasteiger partial charge is 0.455 e. The molecule has 0 fully saturated rings. The molecule has 8 aromatic carbocycles. The van der Waals surface area contributed by atoms with Crippen molar-refractivity contribution in [3.05, 3.63) is 182 Å². The third-order valence-corrected chi connectivity index (χ3v) is 10.4. The lowest BCUT2D eigenvalue weighted by Crippen LogP contribution is -2.00. The van der Waals surface area contributed by atoms with Gasteiger partial charge in [0.1, 0.15) is 11.2 Å². The first-order chi connectivity index (χ1) is 26.8. The molecular formula is C49H30N4O. The Kier molecular flexibility index (Phi) is 6.79. The molecule has 3 heterocycles. The van der Waals surface area contributed by atoms with Crippen molar-refractivity contribution in [2.24, 2.45) is 0 Å². The highest BCUT2D eigenvalue weighted by Crippen LogP contribution is 2.44. The number of para-hydroxylation sites is 2. The standard InChI is InChI=1S/C49H30N4O/c1-4-15-31(16-5-1)34-27-28-35-38(29-34)46-40(30-39(35)49-51-47(32-17-6-2-7-18-32)50-48(52-49)33-19-8-3-9-20-33)45-43(25-14-26-44(45)54-46)53-41-23-12-10-21-36(41)37-22-11-13-24-42(37)53/h1-30H. The quantitative estimate of drug-likeness (QED) is 0.180. The summed E-state index contributed by atoms with van der Waals surface area (Å²) in [5, 5.41) is 6.46. The molecule has 0 N–H and O–H groups in total. The predicted octanol–water partition coefficient (Wildman–Crippen LogP) is 12.7. The highest BCUT2D eigenvalue weighted by molar-refractivity contribution is 6.22. The van der Waals surface area contributed by atoms with Crippen molar-refractivity contribution in [2.45, 2.75) is 0 Å². The highest BCUT2D eigenvalue weighted by Gasteiger charge is 2.22. The van der Waals surface area contributed by atoms with Crippen LogP contribution in [0.4, 0.5) is 0 Å². The van der Waals surface area contributed by atoms with Gasteiger partial charge in [0.25, 0.3) is 0 Å². The van der Waals surface area contributed by atoms with Crippen LogP contribution in [0.1, 0.15) is 0 Å². The second kappa shape index (κ2) is 12.1. The first-order valence-corrected chi connectivity index (χ1v) is 18.1. The molecule has 0 aliphatic carbocycles. The minimum absolute atomic E-state index is 0.603. The molecule has 11 aromatic rings. The van der Waals surface area contributed by atoms with Gasteiger partial charge < -0.3 is 8.98 Å². The Morgan fingerprint density at radius 3 is 1.56 bits per heavy atom. The summed E-state index contributed by atoms with van der Waals surface area (Å²) < 4.78 is 9.30.